The average molecular weight is 455 g/mol. The van der Waals surface area contributed by atoms with Gasteiger partial charge in [0.05, 0.1) is 25.8 Å². The number of rotatable bonds is 9. The van der Waals surface area contributed by atoms with Crippen molar-refractivity contribution in [3.8, 4) is 5.75 Å². The number of hydrogen-bond acceptors (Lipinski definition) is 8. The summed E-state index contributed by atoms with van der Waals surface area (Å²) in [5.41, 5.74) is 1.30. The third-order valence-corrected chi connectivity index (χ3v) is 6.13. The van der Waals surface area contributed by atoms with Gasteiger partial charge in [-0.2, -0.15) is 0 Å². The molecule has 1 N–H and O–H groups in total. The molecule has 1 aliphatic carbocycles. The number of ether oxygens (including phenoxy) is 2. The predicted molar refractivity (Wildman–Crippen MR) is 122 cm³/mol. The van der Waals surface area contributed by atoms with Gasteiger partial charge in [-0.15, -0.1) is 5.10 Å². The number of benzene rings is 1. The molecule has 1 fully saturated rings. The number of carbonyl (C=O) groups excluding carboxylic acids is 1. The molecule has 0 spiro atoms. The van der Waals surface area contributed by atoms with Gasteiger partial charge in [-0.3, -0.25) is 14.5 Å². The summed E-state index contributed by atoms with van der Waals surface area (Å²) in [6, 6.07) is 7.90. The fourth-order valence-corrected chi connectivity index (χ4v) is 4.42. The first-order valence-corrected chi connectivity index (χ1v) is 11.4. The Labute approximate surface area is 191 Å². The number of aromatic nitrogens is 5. The maximum Gasteiger partial charge on any atom is 0.327 e. The zero-order valence-electron chi connectivity index (χ0n) is 19.1. The van der Waals surface area contributed by atoms with Gasteiger partial charge in [0, 0.05) is 24.2 Å². The van der Waals surface area contributed by atoms with Gasteiger partial charge in [-0.1, -0.05) is 19.3 Å². The normalized spacial score (nSPS) is 14.6. The van der Waals surface area contributed by atoms with E-state index in [0.717, 1.165) is 36.6 Å². The Morgan fingerprint density at radius 1 is 1.21 bits per heavy atom. The molecule has 0 bridgehead atoms. The summed E-state index contributed by atoms with van der Waals surface area (Å²) in [5.74, 6) is 0.899. The van der Waals surface area contributed by atoms with Crippen molar-refractivity contribution in [2.45, 2.75) is 64.7 Å². The number of hydrogen-bond donors (Lipinski definition) is 1. The molecule has 0 amide bonds. The number of pyridine rings is 1. The summed E-state index contributed by atoms with van der Waals surface area (Å²) in [6.07, 6.45) is 5.65. The molecule has 176 valence electrons. The third-order valence-electron chi connectivity index (χ3n) is 6.13. The van der Waals surface area contributed by atoms with Gasteiger partial charge in [0.1, 0.15) is 12.3 Å². The lowest BCUT2D eigenvalue weighted by molar-refractivity contribution is -0.144. The number of methoxy groups -OCH3 is 1. The van der Waals surface area contributed by atoms with Crippen molar-refractivity contribution in [2.75, 3.05) is 13.7 Å². The SMILES string of the molecule is CCOC(=O)Cn1nnnc1CN(Cc1cc2ccc(OC)cc2[nH]c1=O)C1CCCCC1. The van der Waals surface area contributed by atoms with Crippen molar-refractivity contribution >= 4 is 16.9 Å². The average Bonchev–Trinajstić information content (AvgIpc) is 3.25. The summed E-state index contributed by atoms with van der Waals surface area (Å²) in [6.45, 7) is 2.94. The molecular formula is C23H30N6O4. The molecule has 3 aromatic rings. The molecule has 0 unspecified atom stereocenters. The lowest BCUT2D eigenvalue weighted by Gasteiger charge is -2.33. The second-order valence-electron chi connectivity index (χ2n) is 8.33. The first kappa shape index (κ1) is 22.9. The molecule has 33 heavy (non-hydrogen) atoms. The van der Waals surface area contributed by atoms with Gasteiger partial charge in [-0.05, 0) is 53.8 Å². The van der Waals surface area contributed by atoms with Crippen molar-refractivity contribution in [1.29, 1.82) is 0 Å². The minimum atomic E-state index is -0.378. The Morgan fingerprint density at radius 2 is 2.03 bits per heavy atom. The van der Waals surface area contributed by atoms with Crippen LogP contribution in [-0.4, -0.2) is 55.8 Å². The van der Waals surface area contributed by atoms with Gasteiger partial charge >= 0.3 is 5.97 Å². The van der Waals surface area contributed by atoms with Crippen molar-refractivity contribution < 1.29 is 14.3 Å². The summed E-state index contributed by atoms with van der Waals surface area (Å²) >= 11 is 0. The van der Waals surface area contributed by atoms with Gasteiger partial charge in [0.2, 0.25) is 0 Å². The van der Waals surface area contributed by atoms with Gasteiger partial charge in [0.15, 0.2) is 5.82 Å². The van der Waals surface area contributed by atoms with Crippen molar-refractivity contribution in [2.24, 2.45) is 0 Å². The fourth-order valence-electron chi connectivity index (χ4n) is 4.42. The maximum absolute atomic E-state index is 12.9. The molecule has 2 aromatic heterocycles. The highest BCUT2D eigenvalue weighted by atomic mass is 16.5. The van der Waals surface area contributed by atoms with Crippen LogP contribution in [0.2, 0.25) is 0 Å². The number of tetrazole rings is 1. The van der Waals surface area contributed by atoms with Crippen LogP contribution >= 0.6 is 0 Å². The lowest BCUT2D eigenvalue weighted by atomic mass is 9.93. The minimum absolute atomic E-state index is 0.0347. The number of H-pyrrole nitrogens is 1. The van der Waals surface area contributed by atoms with Crippen LogP contribution in [0.1, 0.15) is 50.4 Å². The van der Waals surface area contributed by atoms with E-state index in [1.807, 2.05) is 24.3 Å². The van der Waals surface area contributed by atoms with Crippen LogP contribution in [-0.2, 0) is 29.2 Å². The van der Waals surface area contributed by atoms with Gasteiger partial charge in [0.25, 0.3) is 5.56 Å². The van der Waals surface area contributed by atoms with Crippen LogP contribution in [0, 0.1) is 0 Å². The first-order valence-electron chi connectivity index (χ1n) is 11.4. The number of nitrogens with zero attached hydrogens (tertiary/aromatic N) is 5. The molecule has 0 saturated heterocycles. The van der Waals surface area contributed by atoms with Crippen LogP contribution in [0.25, 0.3) is 10.9 Å². The summed E-state index contributed by atoms with van der Waals surface area (Å²) in [4.78, 5) is 30.1. The molecule has 1 saturated carbocycles. The van der Waals surface area contributed by atoms with Crippen LogP contribution in [0.15, 0.2) is 29.1 Å². The molecule has 10 nitrogen and oxygen atoms in total. The van der Waals surface area contributed by atoms with Crippen molar-refractivity contribution in [1.82, 2.24) is 30.1 Å². The summed E-state index contributed by atoms with van der Waals surface area (Å²) in [7, 11) is 1.60. The molecular weight excluding hydrogens is 424 g/mol. The first-order chi connectivity index (χ1) is 16.1. The smallest absolute Gasteiger partial charge is 0.327 e. The van der Waals surface area contributed by atoms with E-state index in [9.17, 15) is 9.59 Å². The predicted octanol–water partition coefficient (Wildman–Crippen LogP) is 2.42. The van der Waals surface area contributed by atoms with Crippen LogP contribution in [0.4, 0.5) is 0 Å². The zero-order valence-corrected chi connectivity index (χ0v) is 19.1. The Morgan fingerprint density at radius 3 is 2.79 bits per heavy atom. The van der Waals surface area contributed by atoms with Crippen molar-refractivity contribution in [3.05, 3.63) is 46.0 Å². The maximum atomic E-state index is 12.9. The molecule has 2 heterocycles. The molecule has 10 heteroatoms. The molecule has 1 aliphatic rings. The Bertz CT molecular complexity index is 1150. The Balaban J connectivity index is 1.60. The highest BCUT2D eigenvalue weighted by Crippen LogP contribution is 2.26. The van der Waals surface area contributed by atoms with E-state index >= 15 is 0 Å². The molecule has 4 rings (SSSR count). The topological polar surface area (TPSA) is 115 Å². The number of esters is 1. The molecule has 0 radical (unpaired) electrons. The van der Waals surface area contributed by atoms with Gasteiger partial charge < -0.3 is 14.5 Å². The standard InChI is InChI=1S/C23H30N6O4/c1-3-33-22(30)15-29-21(25-26-27-29)14-28(18-7-5-4-6-8-18)13-17-11-16-9-10-19(32-2)12-20(16)24-23(17)31/h9-12,18H,3-8,13-15H2,1-2H3,(H,24,31). The minimum Gasteiger partial charge on any atom is -0.497 e. The van der Waals surface area contributed by atoms with E-state index in [0.29, 0.717) is 42.9 Å². The zero-order chi connectivity index (χ0) is 23.2. The molecule has 0 atom stereocenters. The highest BCUT2D eigenvalue weighted by Gasteiger charge is 2.25. The second-order valence-corrected chi connectivity index (χ2v) is 8.33. The van der Waals surface area contributed by atoms with E-state index in [4.69, 9.17) is 9.47 Å². The number of aromatic amines is 1. The van der Waals surface area contributed by atoms with Crippen LogP contribution in [0.3, 0.4) is 0 Å². The van der Waals surface area contributed by atoms with E-state index in [2.05, 4.69) is 25.4 Å². The second kappa shape index (κ2) is 10.6. The highest BCUT2D eigenvalue weighted by molar-refractivity contribution is 5.80. The monoisotopic (exact) mass is 454 g/mol. The number of carbonyl (C=O) groups is 1. The van der Waals surface area contributed by atoms with Crippen LogP contribution < -0.4 is 10.3 Å². The van der Waals surface area contributed by atoms with Crippen LogP contribution in [0.5, 0.6) is 5.75 Å². The largest absolute Gasteiger partial charge is 0.497 e. The van der Waals surface area contributed by atoms with E-state index in [-0.39, 0.29) is 18.1 Å². The quantitative estimate of drug-likeness (QED) is 0.490. The summed E-state index contributed by atoms with van der Waals surface area (Å²) in [5, 5.41) is 12.8. The lowest BCUT2D eigenvalue weighted by Crippen LogP contribution is -2.38. The van der Waals surface area contributed by atoms with E-state index < -0.39 is 0 Å². The Hall–Kier alpha value is -3.27. The Kier molecular flexibility index (Phi) is 7.33. The molecule has 0 aliphatic heterocycles. The summed E-state index contributed by atoms with van der Waals surface area (Å²) < 4.78 is 11.8. The number of fused-ring (bicyclic) bond motifs is 1. The molecule has 1 aromatic carbocycles. The van der Waals surface area contributed by atoms with E-state index in [1.165, 1.54) is 11.1 Å². The van der Waals surface area contributed by atoms with Gasteiger partial charge in [-0.25, -0.2) is 4.68 Å². The van der Waals surface area contributed by atoms with Crippen molar-refractivity contribution in [3.63, 3.8) is 0 Å². The number of nitrogens with one attached hydrogen (secondary N) is 1. The third kappa shape index (κ3) is 5.57. The fraction of sp³-hybridized carbons (Fsp3) is 0.522. The van der Waals surface area contributed by atoms with E-state index in [1.54, 1.807) is 14.0 Å².